The number of Topliss-reactive ketones (excluding diaryl/α,β-unsaturated/α-hetero) is 1. The van der Waals surface area contributed by atoms with Crippen LogP contribution in [-0.4, -0.2) is 22.9 Å². The first-order chi connectivity index (χ1) is 12.1. The predicted octanol–water partition coefficient (Wildman–Crippen LogP) is 0.439. The highest BCUT2D eigenvalue weighted by Crippen LogP contribution is 2.10. The van der Waals surface area contributed by atoms with E-state index in [1.807, 2.05) is 30.2 Å². The normalized spacial score (nSPS) is 10.2. The Morgan fingerprint density at radius 1 is 1.15 bits per heavy atom. The van der Waals surface area contributed by atoms with Crippen LogP contribution in [0.4, 0.5) is 0 Å². The molecule has 1 heterocycles. The second-order valence-corrected chi connectivity index (χ2v) is 6.31. The Morgan fingerprint density at radius 2 is 1.88 bits per heavy atom. The lowest BCUT2D eigenvalue weighted by atomic mass is 10.1. The molecule has 2 rings (SSSR count). The maximum absolute atomic E-state index is 12.2. The first kappa shape index (κ1) is 22.4. The smallest absolute Gasteiger partial charge is 0.305 e. The van der Waals surface area contributed by atoms with E-state index in [1.54, 1.807) is 24.3 Å². The summed E-state index contributed by atoms with van der Waals surface area (Å²) in [5, 5.41) is 0.623. The van der Waals surface area contributed by atoms with E-state index in [4.69, 9.17) is 16.3 Å². The van der Waals surface area contributed by atoms with Crippen LogP contribution < -0.4 is 21.5 Å². The standard InChI is InChI=1S/C19H24ClN2O3.BrH/c1-2-25-19(24)6-4-3-5-11-21-12-13-22(15-21)14-18(23)16-7-9-17(20)10-8-16;/h7-10,12-13,15H,2-6,11,14H2,1H3;1H/q+1;/p-1. The maximum Gasteiger partial charge on any atom is 0.305 e. The Bertz CT molecular complexity index is 701. The van der Waals surface area contributed by atoms with Crippen LogP contribution in [-0.2, 0) is 22.6 Å². The quantitative estimate of drug-likeness (QED) is 0.232. The molecule has 0 aliphatic carbocycles. The fourth-order valence-electron chi connectivity index (χ4n) is 2.53. The van der Waals surface area contributed by atoms with Gasteiger partial charge in [-0.15, -0.1) is 0 Å². The third-order valence-corrected chi connectivity index (χ3v) is 4.09. The van der Waals surface area contributed by atoms with Gasteiger partial charge in [0.1, 0.15) is 12.4 Å². The van der Waals surface area contributed by atoms with Crippen LogP contribution in [0.2, 0.25) is 5.02 Å². The molecule has 0 saturated heterocycles. The fraction of sp³-hybridized carbons (Fsp3) is 0.421. The van der Waals surface area contributed by atoms with Gasteiger partial charge in [-0.05, 0) is 50.5 Å². The highest BCUT2D eigenvalue weighted by atomic mass is 79.9. The lowest BCUT2D eigenvalue weighted by molar-refractivity contribution is -0.682. The molecule has 0 atom stereocenters. The molecular formula is C19H24BrClN2O3. The van der Waals surface area contributed by atoms with Crippen molar-refractivity contribution in [3.05, 3.63) is 53.6 Å². The Labute approximate surface area is 169 Å². The number of hydrogen-bond donors (Lipinski definition) is 0. The molecular weight excluding hydrogens is 420 g/mol. The average molecular weight is 444 g/mol. The summed E-state index contributed by atoms with van der Waals surface area (Å²) in [6, 6.07) is 6.93. The van der Waals surface area contributed by atoms with Crippen molar-refractivity contribution in [3.63, 3.8) is 0 Å². The van der Waals surface area contributed by atoms with Gasteiger partial charge in [0, 0.05) is 17.0 Å². The number of carbonyl (C=O) groups excluding carboxylic acids is 2. The molecule has 0 bridgehead atoms. The van der Waals surface area contributed by atoms with E-state index in [1.165, 1.54) is 0 Å². The molecule has 0 fully saturated rings. The van der Waals surface area contributed by atoms with Gasteiger partial charge >= 0.3 is 5.97 Å². The van der Waals surface area contributed by atoms with Crippen LogP contribution in [0.5, 0.6) is 0 Å². The van der Waals surface area contributed by atoms with Gasteiger partial charge in [0.25, 0.3) is 0 Å². The lowest BCUT2D eigenvalue weighted by Crippen LogP contribution is -3.00. The minimum absolute atomic E-state index is 0. The minimum atomic E-state index is -0.123. The lowest BCUT2D eigenvalue weighted by Gasteiger charge is -2.01. The Morgan fingerprint density at radius 3 is 2.58 bits per heavy atom. The number of rotatable bonds is 10. The van der Waals surface area contributed by atoms with E-state index in [2.05, 4.69) is 4.57 Å². The molecule has 0 N–H and O–H groups in total. The number of halogens is 2. The molecule has 0 spiro atoms. The van der Waals surface area contributed by atoms with Gasteiger partial charge < -0.3 is 21.7 Å². The van der Waals surface area contributed by atoms with Gasteiger partial charge in [-0.1, -0.05) is 11.6 Å². The van der Waals surface area contributed by atoms with Crippen molar-refractivity contribution in [2.75, 3.05) is 6.61 Å². The van der Waals surface area contributed by atoms with Crippen molar-refractivity contribution in [1.29, 1.82) is 0 Å². The summed E-state index contributed by atoms with van der Waals surface area (Å²) < 4.78 is 8.83. The monoisotopic (exact) mass is 442 g/mol. The molecule has 0 aliphatic rings. The van der Waals surface area contributed by atoms with E-state index < -0.39 is 0 Å². The Kier molecular flexibility index (Phi) is 10.2. The van der Waals surface area contributed by atoms with E-state index in [0.29, 0.717) is 30.2 Å². The first-order valence-electron chi connectivity index (χ1n) is 8.57. The number of aryl methyl sites for hydroxylation is 1. The molecule has 0 unspecified atom stereocenters. The van der Waals surface area contributed by atoms with Crippen molar-refractivity contribution in [2.24, 2.45) is 0 Å². The zero-order valence-corrected chi connectivity index (χ0v) is 17.2. The predicted molar refractivity (Wildman–Crippen MR) is 95.5 cm³/mol. The first-order valence-corrected chi connectivity index (χ1v) is 8.95. The number of imidazole rings is 1. The van der Waals surface area contributed by atoms with Crippen molar-refractivity contribution in [2.45, 2.75) is 45.7 Å². The van der Waals surface area contributed by atoms with Crippen LogP contribution in [0, 0.1) is 0 Å². The number of unbranched alkanes of at least 4 members (excludes halogenated alkanes) is 2. The topological polar surface area (TPSA) is 52.2 Å². The largest absolute Gasteiger partial charge is 1.00 e. The number of hydrogen-bond acceptors (Lipinski definition) is 3. The van der Waals surface area contributed by atoms with Gasteiger partial charge in [0.2, 0.25) is 12.1 Å². The number of carbonyl (C=O) groups is 2. The number of nitrogens with zero attached hydrogens (tertiary/aromatic N) is 2. The molecule has 0 aliphatic heterocycles. The summed E-state index contributed by atoms with van der Waals surface area (Å²) >= 11 is 5.84. The van der Waals surface area contributed by atoms with Crippen LogP contribution >= 0.6 is 11.6 Å². The highest BCUT2D eigenvalue weighted by Gasteiger charge is 2.11. The summed E-state index contributed by atoms with van der Waals surface area (Å²) in [6.45, 7) is 3.43. The van der Waals surface area contributed by atoms with E-state index in [9.17, 15) is 9.59 Å². The van der Waals surface area contributed by atoms with Crippen molar-refractivity contribution < 1.29 is 35.9 Å². The number of aromatic nitrogens is 2. The van der Waals surface area contributed by atoms with Gasteiger partial charge in [0.15, 0.2) is 6.54 Å². The highest BCUT2D eigenvalue weighted by molar-refractivity contribution is 6.30. The van der Waals surface area contributed by atoms with Crippen LogP contribution in [0.15, 0.2) is 43.0 Å². The molecule has 1 aromatic heterocycles. The summed E-state index contributed by atoms with van der Waals surface area (Å²) in [5.74, 6) is -0.0733. The fourth-order valence-corrected chi connectivity index (χ4v) is 2.66. The third kappa shape index (κ3) is 7.70. The molecule has 1 aromatic carbocycles. The van der Waals surface area contributed by atoms with Gasteiger partial charge in [-0.3, -0.25) is 9.59 Å². The zero-order chi connectivity index (χ0) is 18.1. The van der Waals surface area contributed by atoms with Crippen molar-refractivity contribution in [3.8, 4) is 0 Å². The number of ketones is 1. The molecule has 0 radical (unpaired) electrons. The number of benzene rings is 1. The summed E-state index contributed by atoms with van der Waals surface area (Å²) in [4.78, 5) is 23.5. The molecule has 0 saturated carbocycles. The van der Waals surface area contributed by atoms with Crippen molar-refractivity contribution >= 4 is 23.4 Å². The van der Waals surface area contributed by atoms with Gasteiger partial charge in [-0.25, -0.2) is 9.13 Å². The van der Waals surface area contributed by atoms with Crippen LogP contribution in [0.1, 0.15) is 43.0 Å². The van der Waals surface area contributed by atoms with Crippen LogP contribution in [0.3, 0.4) is 0 Å². The minimum Gasteiger partial charge on any atom is -1.00 e. The second kappa shape index (κ2) is 11.9. The van der Waals surface area contributed by atoms with E-state index >= 15 is 0 Å². The maximum atomic E-state index is 12.2. The van der Waals surface area contributed by atoms with Gasteiger partial charge in [-0.2, -0.15) is 0 Å². The third-order valence-electron chi connectivity index (χ3n) is 3.84. The second-order valence-electron chi connectivity index (χ2n) is 5.87. The van der Waals surface area contributed by atoms with Crippen LogP contribution in [0.25, 0.3) is 0 Å². The molecule has 7 heteroatoms. The van der Waals surface area contributed by atoms with E-state index in [0.717, 1.165) is 25.8 Å². The molecule has 2 aromatic rings. The molecule has 142 valence electrons. The zero-order valence-electron chi connectivity index (χ0n) is 14.9. The SMILES string of the molecule is CCOC(=O)CCCCCn1cc[n+](CC(=O)c2ccc(Cl)cc2)c1.[Br-]. The molecule has 5 nitrogen and oxygen atoms in total. The summed E-state index contributed by atoms with van der Waals surface area (Å²) in [6.07, 6.45) is 9.07. The average Bonchev–Trinajstić information content (AvgIpc) is 3.02. The summed E-state index contributed by atoms with van der Waals surface area (Å²) in [7, 11) is 0. The number of ether oxygens (including phenoxy) is 1. The molecule has 26 heavy (non-hydrogen) atoms. The van der Waals surface area contributed by atoms with Crippen molar-refractivity contribution in [1.82, 2.24) is 4.57 Å². The molecule has 0 amide bonds. The van der Waals surface area contributed by atoms with Gasteiger partial charge in [0.05, 0.1) is 13.2 Å². The Hall–Kier alpha value is -1.66. The van der Waals surface area contributed by atoms with E-state index in [-0.39, 0.29) is 28.7 Å². The summed E-state index contributed by atoms with van der Waals surface area (Å²) in [5.41, 5.74) is 0.656. The number of esters is 1. The Balaban J connectivity index is 0.00000338.